The Labute approximate surface area is 105 Å². The summed E-state index contributed by atoms with van der Waals surface area (Å²) in [7, 11) is 0. The van der Waals surface area contributed by atoms with E-state index in [1.54, 1.807) is 6.92 Å². The molecule has 19 heavy (non-hydrogen) atoms. The molecule has 0 atom stereocenters. The lowest BCUT2D eigenvalue weighted by Gasteiger charge is -2.12. The van der Waals surface area contributed by atoms with Crippen molar-refractivity contribution in [2.24, 2.45) is 0 Å². The minimum atomic E-state index is -2.94. The predicted molar refractivity (Wildman–Crippen MR) is 60.7 cm³/mol. The van der Waals surface area contributed by atoms with Gasteiger partial charge < -0.3 is 5.32 Å². The summed E-state index contributed by atoms with van der Waals surface area (Å²) in [5.74, 6) is -3.90. The van der Waals surface area contributed by atoms with E-state index in [-0.39, 0.29) is 18.3 Å². The topological polar surface area (TPSA) is 24.9 Å². The lowest BCUT2D eigenvalue weighted by Crippen LogP contribution is -2.04. The maximum Gasteiger partial charge on any atom is 0.280 e. The Balaban J connectivity index is 2.86. The van der Waals surface area contributed by atoms with Crippen molar-refractivity contribution in [3.05, 3.63) is 35.3 Å². The summed E-state index contributed by atoms with van der Waals surface area (Å²) in [5.41, 5.74) is -1.43. The van der Waals surface area contributed by atoms with Crippen LogP contribution in [0.25, 0.3) is 10.9 Å². The molecule has 1 N–H and O–H groups in total. The van der Waals surface area contributed by atoms with Gasteiger partial charge >= 0.3 is 0 Å². The molecule has 7 heteroatoms. The van der Waals surface area contributed by atoms with Crippen molar-refractivity contribution < 1.29 is 22.0 Å². The van der Waals surface area contributed by atoms with Gasteiger partial charge in [0.1, 0.15) is 11.2 Å². The van der Waals surface area contributed by atoms with Gasteiger partial charge in [-0.05, 0) is 13.0 Å². The molecule has 0 bridgehead atoms. The van der Waals surface area contributed by atoms with Crippen LogP contribution < -0.4 is 5.32 Å². The molecular weight excluding hydrogens is 267 g/mol. The number of anilines is 1. The third kappa shape index (κ3) is 2.32. The Kier molecular flexibility index (Phi) is 3.55. The molecule has 102 valence electrons. The lowest BCUT2D eigenvalue weighted by atomic mass is 10.1. The van der Waals surface area contributed by atoms with Crippen molar-refractivity contribution in [2.75, 3.05) is 11.9 Å². The van der Waals surface area contributed by atoms with Crippen LogP contribution in [0.2, 0.25) is 0 Å². The van der Waals surface area contributed by atoms with Gasteiger partial charge in [0.15, 0.2) is 17.5 Å². The van der Waals surface area contributed by atoms with Crippen molar-refractivity contribution >= 4 is 16.6 Å². The van der Waals surface area contributed by atoms with Gasteiger partial charge in [0, 0.05) is 18.3 Å². The smallest absolute Gasteiger partial charge is 0.280 e. The van der Waals surface area contributed by atoms with Gasteiger partial charge in [-0.15, -0.1) is 0 Å². The van der Waals surface area contributed by atoms with E-state index in [9.17, 15) is 22.0 Å². The molecule has 0 aliphatic rings. The fourth-order valence-electron chi connectivity index (χ4n) is 1.76. The molecule has 0 saturated heterocycles. The number of pyridine rings is 1. The van der Waals surface area contributed by atoms with Gasteiger partial charge in [-0.2, -0.15) is 0 Å². The normalized spacial score (nSPS) is 11.3. The summed E-state index contributed by atoms with van der Waals surface area (Å²) < 4.78 is 65.7. The standard InChI is InChI=1S/C12H9F5N2/c1-2-18-7-4-8(12(16)17)19-11-6(14)3-5(13)10(15)9(7)11/h3-4,12H,2H2,1H3,(H,18,19). The molecule has 2 nitrogen and oxygen atoms in total. The maximum atomic E-state index is 13.7. The van der Waals surface area contributed by atoms with Crippen LogP contribution in [0.1, 0.15) is 19.0 Å². The summed E-state index contributed by atoms with van der Waals surface area (Å²) in [4.78, 5) is 3.35. The zero-order valence-corrected chi connectivity index (χ0v) is 9.78. The molecule has 0 amide bonds. The summed E-state index contributed by atoms with van der Waals surface area (Å²) in [6.45, 7) is 1.92. The molecule has 0 spiro atoms. The summed E-state index contributed by atoms with van der Waals surface area (Å²) in [6, 6.07) is 1.17. The molecule has 0 aliphatic heterocycles. The Morgan fingerprint density at radius 2 is 1.84 bits per heavy atom. The second kappa shape index (κ2) is 4.99. The van der Waals surface area contributed by atoms with Crippen molar-refractivity contribution in [3.63, 3.8) is 0 Å². The van der Waals surface area contributed by atoms with Crippen LogP contribution in [0.4, 0.5) is 27.6 Å². The number of alkyl halides is 2. The number of fused-ring (bicyclic) bond motifs is 1. The Hall–Kier alpha value is -1.92. The zero-order valence-electron chi connectivity index (χ0n) is 9.78. The highest BCUT2D eigenvalue weighted by Gasteiger charge is 2.20. The summed E-state index contributed by atoms with van der Waals surface area (Å²) in [5, 5.41) is 2.13. The third-order valence-corrected chi connectivity index (χ3v) is 2.54. The third-order valence-electron chi connectivity index (χ3n) is 2.54. The number of aromatic nitrogens is 1. The molecule has 0 radical (unpaired) electrons. The van der Waals surface area contributed by atoms with E-state index in [0.717, 1.165) is 6.07 Å². The van der Waals surface area contributed by atoms with Crippen LogP contribution >= 0.6 is 0 Å². The second-order valence-electron chi connectivity index (χ2n) is 3.80. The number of nitrogens with zero attached hydrogens (tertiary/aromatic N) is 1. The van der Waals surface area contributed by atoms with Crippen molar-refractivity contribution in [2.45, 2.75) is 13.3 Å². The predicted octanol–water partition coefficient (Wildman–Crippen LogP) is 4.02. The first kappa shape index (κ1) is 13.5. The maximum absolute atomic E-state index is 13.7. The molecule has 0 fully saturated rings. The largest absolute Gasteiger partial charge is 0.385 e. The van der Waals surface area contributed by atoms with E-state index in [1.807, 2.05) is 0 Å². The quantitative estimate of drug-likeness (QED) is 0.676. The minimum Gasteiger partial charge on any atom is -0.385 e. The van der Waals surface area contributed by atoms with Crippen LogP contribution in [0.15, 0.2) is 12.1 Å². The fraction of sp³-hybridized carbons (Fsp3) is 0.250. The molecule has 2 aromatic rings. The highest BCUT2D eigenvalue weighted by Crippen LogP contribution is 2.32. The number of rotatable bonds is 3. The van der Waals surface area contributed by atoms with Gasteiger partial charge in [-0.1, -0.05) is 0 Å². The van der Waals surface area contributed by atoms with E-state index in [1.165, 1.54) is 0 Å². The molecule has 1 aromatic carbocycles. The van der Waals surface area contributed by atoms with Gasteiger partial charge in [0.2, 0.25) is 0 Å². The Bertz CT molecular complexity index is 627. The number of hydrogen-bond donors (Lipinski definition) is 1. The number of benzene rings is 1. The molecular formula is C12H9F5N2. The highest BCUT2D eigenvalue weighted by atomic mass is 19.3. The van der Waals surface area contributed by atoms with Gasteiger partial charge in [0.25, 0.3) is 6.43 Å². The molecule has 0 unspecified atom stereocenters. The van der Waals surface area contributed by atoms with Crippen LogP contribution in [-0.2, 0) is 0 Å². The highest BCUT2D eigenvalue weighted by molar-refractivity contribution is 5.92. The Morgan fingerprint density at radius 3 is 2.42 bits per heavy atom. The monoisotopic (exact) mass is 276 g/mol. The van der Waals surface area contributed by atoms with E-state index in [2.05, 4.69) is 10.3 Å². The second-order valence-corrected chi connectivity index (χ2v) is 3.80. The first-order valence-electron chi connectivity index (χ1n) is 5.45. The van der Waals surface area contributed by atoms with Gasteiger partial charge in [-0.3, -0.25) is 0 Å². The number of hydrogen-bond acceptors (Lipinski definition) is 2. The van der Waals surface area contributed by atoms with Crippen LogP contribution in [0.3, 0.4) is 0 Å². The van der Waals surface area contributed by atoms with E-state index < -0.39 is 40.5 Å². The zero-order chi connectivity index (χ0) is 14.2. The van der Waals surface area contributed by atoms with E-state index in [4.69, 9.17) is 0 Å². The fourth-order valence-corrected chi connectivity index (χ4v) is 1.76. The molecule has 1 aromatic heterocycles. The number of nitrogens with one attached hydrogen (secondary N) is 1. The average molecular weight is 276 g/mol. The first-order chi connectivity index (χ1) is 8.95. The van der Waals surface area contributed by atoms with Crippen molar-refractivity contribution in [3.8, 4) is 0 Å². The minimum absolute atomic E-state index is 0.112. The van der Waals surface area contributed by atoms with E-state index in [0.29, 0.717) is 0 Å². The lowest BCUT2D eigenvalue weighted by molar-refractivity contribution is 0.146. The molecule has 0 saturated carbocycles. The van der Waals surface area contributed by atoms with Crippen molar-refractivity contribution in [1.82, 2.24) is 4.98 Å². The Morgan fingerprint density at radius 1 is 1.16 bits per heavy atom. The summed E-state index contributed by atoms with van der Waals surface area (Å²) in [6.07, 6.45) is -2.94. The van der Waals surface area contributed by atoms with E-state index >= 15 is 0 Å². The van der Waals surface area contributed by atoms with Gasteiger partial charge in [-0.25, -0.2) is 26.9 Å². The molecule has 2 rings (SSSR count). The van der Waals surface area contributed by atoms with Crippen LogP contribution in [0.5, 0.6) is 0 Å². The van der Waals surface area contributed by atoms with Crippen LogP contribution in [-0.4, -0.2) is 11.5 Å². The number of halogens is 5. The van der Waals surface area contributed by atoms with Crippen molar-refractivity contribution in [1.29, 1.82) is 0 Å². The molecule has 0 aliphatic carbocycles. The SMILES string of the molecule is CCNc1cc(C(F)F)nc2c(F)cc(F)c(F)c12. The molecule has 1 heterocycles. The van der Waals surface area contributed by atoms with Crippen LogP contribution in [0, 0.1) is 17.5 Å². The average Bonchev–Trinajstić information content (AvgIpc) is 2.35. The first-order valence-corrected chi connectivity index (χ1v) is 5.45. The summed E-state index contributed by atoms with van der Waals surface area (Å²) >= 11 is 0. The van der Waals surface area contributed by atoms with Gasteiger partial charge in [0.05, 0.1) is 5.39 Å².